The van der Waals surface area contributed by atoms with Crippen molar-refractivity contribution < 1.29 is 9.59 Å². The number of nitrogens with zero attached hydrogens (tertiary/aromatic N) is 3. The summed E-state index contributed by atoms with van der Waals surface area (Å²) < 4.78 is 0. The summed E-state index contributed by atoms with van der Waals surface area (Å²) in [5.41, 5.74) is 7.21. The predicted molar refractivity (Wildman–Crippen MR) is 105 cm³/mol. The minimum Gasteiger partial charge on any atom is -0.365 e. The van der Waals surface area contributed by atoms with Crippen LogP contribution in [-0.4, -0.2) is 28.2 Å². The lowest BCUT2D eigenvalue weighted by Crippen LogP contribution is -2.40. The second-order valence-electron chi connectivity index (χ2n) is 6.13. The van der Waals surface area contributed by atoms with E-state index in [-0.39, 0.29) is 23.8 Å². The van der Waals surface area contributed by atoms with Crippen molar-refractivity contribution in [3.8, 4) is 0 Å². The number of hydrazine groups is 1. The third-order valence-corrected chi connectivity index (χ3v) is 4.18. The first-order valence-electron chi connectivity index (χ1n) is 8.40. The van der Waals surface area contributed by atoms with Crippen molar-refractivity contribution in [2.45, 2.75) is 19.4 Å². The average Bonchev–Trinajstić information content (AvgIpc) is 2.67. The number of carbonyl (C=O) groups is 2. The lowest BCUT2D eigenvalue weighted by molar-refractivity contribution is -0.108. The zero-order valence-electron chi connectivity index (χ0n) is 14.8. The van der Waals surface area contributed by atoms with Gasteiger partial charge in [0.25, 0.3) is 5.91 Å². The first-order chi connectivity index (χ1) is 13.0. The molecule has 0 saturated carbocycles. The molecule has 0 aliphatic rings. The van der Waals surface area contributed by atoms with Crippen LogP contribution in [-0.2, 0) is 4.79 Å². The van der Waals surface area contributed by atoms with Gasteiger partial charge in [0, 0.05) is 11.8 Å². The average molecular weight is 364 g/mol. The van der Waals surface area contributed by atoms with Gasteiger partial charge >= 0.3 is 0 Å². The van der Waals surface area contributed by atoms with Crippen LogP contribution >= 0.6 is 0 Å². The Kier molecular flexibility index (Phi) is 5.28. The van der Waals surface area contributed by atoms with Crippen molar-refractivity contribution in [2.75, 3.05) is 10.3 Å². The zero-order chi connectivity index (χ0) is 19.4. The van der Waals surface area contributed by atoms with Gasteiger partial charge in [0.05, 0.1) is 29.0 Å². The van der Waals surface area contributed by atoms with E-state index in [2.05, 4.69) is 15.3 Å². The second-order valence-corrected chi connectivity index (χ2v) is 6.13. The number of hydrogen-bond donors (Lipinski definition) is 3. The van der Waals surface area contributed by atoms with E-state index in [4.69, 9.17) is 11.6 Å². The zero-order valence-corrected chi connectivity index (χ0v) is 14.8. The molecule has 138 valence electrons. The maximum Gasteiger partial charge on any atom is 0.252 e. The fraction of sp³-hybridized carbons (Fsp3) is 0.158. The number of rotatable bonds is 7. The third kappa shape index (κ3) is 4.01. The Morgan fingerprint density at radius 3 is 2.81 bits per heavy atom. The molecular weight excluding hydrogens is 344 g/mol. The lowest BCUT2D eigenvalue weighted by Gasteiger charge is -2.24. The molecule has 27 heavy (non-hydrogen) atoms. The summed E-state index contributed by atoms with van der Waals surface area (Å²) in [6.07, 6.45) is 2.70. The molecule has 2 aromatic heterocycles. The van der Waals surface area contributed by atoms with E-state index in [1.54, 1.807) is 25.3 Å². The number of hydrogen-bond acceptors (Lipinski definition) is 7. The molecule has 1 unspecified atom stereocenters. The van der Waals surface area contributed by atoms with Crippen LogP contribution in [0.5, 0.6) is 0 Å². The van der Waals surface area contributed by atoms with Crippen LogP contribution < -0.4 is 21.9 Å². The van der Waals surface area contributed by atoms with Gasteiger partial charge < -0.3 is 15.8 Å². The molecule has 1 atom stereocenters. The molecule has 0 aliphatic heterocycles. The van der Waals surface area contributed by atoms with Gasteiger partial charge in [-0.3, -0.25) is 14.8 Å². The van der Waals surface area contributed by atoms with Crippen LogP contribution in [0.25, 0.3) is 10.9 Å². The Labute approximate surface area is 156 Å². The number of para-hydroxylation sites is 1. The number of aromatic nitrogens is 2. The van der Waals surface area contributed by atoms with Gasteiger partial charge in [0.2, 0.25) is 0 Å². The van der Waals surface area contributed by atoms with Crippen LogP contribution in [0.2, 0.25) is 0 Å². The molecule has 0 saturated heterocycles. The van der Waals surface area contributed by atoms with Crippen LogP contribution in [0.3, 0.4) is 0 Å². The molecule has 1 amide bonds. The molecule has 3 rings (SSSR count). The van der Waals surface area contributed by atoms with Crippen LogP contribution in [0, 0.1) is 0 Å². The first kappa shape index (κ1) is 18.3. The molecule has 2 heterocycles. The summed E-state index contributed by atoms with van der Waals surface area (Å²) in [6, 6.07) is 12.5. The number of anilines is 3. The van der Waals surface area contributed by atoms with Crippen molar-refractivity contribution in [2.24, 2.45) is 11.6 Å². The monoisotopic (exact) mass is 364 g/mol. The Hall–Kier alpha value is -3.52. The number of pyridine rings is 2. The van der Waals surface area contributed by atoms with Crippen LogP contribution in [0.4, 0.5) is 17.3 Å². The normalized spacial score (nSPS) is 11.8. The number of nitrogens with one attached hydrogen (secondary N) is 1. The lowest BCUT2D eigenvalue weighted by atomic mass is 10.2. The minimum absolute atomic E-state index is 0.225. The highest BCUT2D eigenvalue weighted by atomic mass is 16.1. The number of nitrogens with two attached hydrogens (primary N) is 2. The fourth-order valence-corrected chi connectivity index (χ4v) is 2.64. The fourth-order valence-electron chi connectivity index (χ4n) is 2.64. The molecular formula is C19H20N6O2. The Bertz CT molecular complexity index is 991. The molecule has 3 aromatic rings. The van der Waals surface area contributed by atoms with E-state index in [1.807, 2.05) is 30.3 Å². The predicted octanol–water partition coefficient (Wildman–Crippen LogP) is 2.13. The third-order valence-electron chi connectivity index (χ3n) is 4.18. The van der Waals surface area contributed by atoms with E-state index >= 15 is 0 Å². The van der Waals surface area contributed by atoms with E-state index in [9.17, 15) is 9.59 Å². The van der Waals surface area contributed by atoms with Crippen molar-refractivity contribution >= 4 is 40.4 Å². The molecule has 0 aliphatic carbocycles. The quantitative estimate of drug-likeness (QED) is 0.333. The molecule has 8 heteroatoms. The minimum atomic E-state index is -0.616. The highest BCUT2D eigenvalue weighted by Crippen LogP contribution is 2.24. The SMILES string of the molecule is CC(CC=O)N(N)c1ccc(C(N)=O)c(Nc2cnc3ccccc3c2)n1. The molecule has 8 nitrogen and oxygen atoms in total. The number of primary amides is 1. The summed E-state index contributed by atoms with van der Waals surface area (Å²) in [6.45, 7) is 1.80. The van der Waals surface area contributed by atoms with Gasteiger partial charge in [0.1, 0.15) is 17.9 Å². The number of amides is 1. The Morgan fingerprint density at radius 2 is 2.07 bits per heavy atom. The summed E-state index contributed by atoms with van der Waals surface area (Å²) in [4.78, 5) is 31.3. The van der Waals surface area contributed by atoms with E-state index < -0.39 is 5.91 Å². The summed E-state index contributed by atoms with van der Waals surface area (Å²) in [7, 11) is 0. The maximum absolute atomic E-state index is 11.8. The van der Waals surface area contributed by atoms with Crippen molar-refractivity contribution in [3.63, 3.8) is 0 Å². The molecule has 5 N–H and O–H groups in total. The van der Waals surface area contributed by atoms with Gasteiger partial charge in [-0.15, -0.1) is 0 Å². The first-order valence-corrected chi connectivity index (χ1v) is 8.40. The van der Waals surface area contributed by atoms with Gasteiger partial charge in [-0.2, -0.15) is 0 Å². The molecule has 0 spiro atoms. The molecule has 0 bridgehead atoms. The number of carbonyl (C=O) groups excluding carboxylic acids is 2. The topological polar surface area (TPSA) is 127 Å². The van der Waals surface area contributed by atoms with Crippen molar-refractivity contribution in [1.82, 2.24) is 9.97 Å². The Morgan fingerprint density at radius 1 is 1.30 bits per heavy atom. The maximum atomic E-state index is 11.8. The number of aldehydes is 1. The van der Waals surface area contributed by atoms with Gasteiger partial charge in [-0.25, -0.2) is 10.8 Å². The standard InChI is InChI=1S/C19H20N6O2/c1-12(8-9-26)25(21)17-7-6-15(18(20)27)19(24-17)23-14-10-13-4-2-3-5-16(13)22-11-14/h2-7,9-12H,8,21H2,1H3,(H2,20,27)(H,23,24). The summed E-state index contributed by atoms with van der Waals surface area (Å²) in [5, 5.41) is 5.41. The Balaban J connectivity index is 1.96. The number of fused-ring (bicyclic) bond motifs is 1. The van der Waals surface area contributed by atoms with Crippen LogP contribution in [0.1, 0.15) is 23.7 Å². The van der Waals surface area contributed by atoms with Crippen LogP contribution in [0.15, 0.2) is 48.7 Å². The van der Waals surface area contributed by atoms with E-state index in [0.717, 1.165) is 17.2 Å². The van der Waals surface area contributed by atoms with Gasteiger partial charge in [-0.05, 0) is 31.2 Å². The van der Waals surface area contributed by atoms with E-state index in [0.29, 0.717) is 11.5 Å². The molecule has 0 radical (unpaired) electrons. The largest absolute Gasteiger partial charge is 0.365 e. The van der Waals surface area contributed by atoms with Gasteiger partial charge in [-0.1, -0.05) is 18.2 Å². The molecule has 1 aromatic carbocycles. The van der Waals surface area contributed by atoms with E-state index in [1.165, 1.54) is 5.01 Å². The smallest absolute Gasteiger partial charge is 0.252 e. The van der Waals surface area contributed by atoms with Crippen molar-refractivity contribution in [3.05, 3.63) is 54.2 Å². The summed E-state index contributed by atoms with van der Waals surface area (Å²) >= 11 is 0. The molecule has 0 fully saturated rings. The highest BCUT2D eigenvalue weighted by molar-refractivity contribution is 5.98. The highest BCUT2D eigenvalue weighted by Gasteiger charge is 2.16. The summed E-state index contributed by atoms with van der Waals surface area (Å²) in [5.74, 6) is 6.10. The van der Waals surface area contributed by atoms with Crippen molar-refractivity contribution in [1.29, 1.82) is 0 Å². The van der Waals surface area contributed by atoms with Gasteiger partial charge in [0.15, 0.2) is 0 Å². The number of benzene rings is 1. The second kappa shape index (κ2) is 7.79.